The fraction of sp³-hybridized carbons (Fsp3) is 0. The summed E-state index contributed by atoms with van der Waals surface area (Å²) >= 11 is 3.36. The van der Waals surface area contributed by atoms with Crippen LogP contribution in [0, 0.1) is 5.82 Å². The van der Waals surface area contributed by atoms with Crippen molar-refractivity contribution < 1.29 is 4.39 Å². The van der Waals surface area contributed by atoms with Crippen molar-refractivity contribution in [3.05, 3.63) is 64.4 Å². The highest BCUT2D eigenvalue weighted by Crippen LogP contribution is 2.10. The molecule has 0 aromatic heterocycles. The Balaban J connectivity index is 1.97. The Morgan fingerprint density at radius 3 is 2.29 bits per heavy atom. The largest absolute Gasteiger partial charge is 0.279 e. The Bertz CT molecular complexity index is 506. The van der Waals surface area contributed by atoms with Crippen LogP contribution in [0.3, 0.4) is 0 Å². The molecular formula is C13H10BrFN2. The molecule has 0 unspecified atom stereocenters. The van der Waals surface area contributed by atoms with E-state index >= 15 is 0 Å². The predicted octanol–water partition coefficient (Wildman–Crippen LogP) is 4.03. The number of benzene rings is 2. The first-order valence-corrected chi connectivity index (χ1v) is 5.83. The van der Waals surface area contributed by atoms with Gasteiger partial charge in [0.15, 0.2) is 0 Å². The van der Waals surface area contributed by atoms with Crippen molar-refractivity contribution in [2.45, 2.75) is 0 Å². The molecule has 2 rings (SSSR count). The summed E-state index contributed by atoms with van der Waals surface area (Å²) < 4.78 is 13.7. The summed E-state index contributed by atoms with van der Waals surface area (Å²) in [5.74, 6) is -0.257. The molecular weight excluding hydrogens is 283 g/mol. The van der Waals surface area contributed by atoms with E-state index in [0.717, 1.165) is 15.7 Å². The van der Waals surface area contributed by atoms with Gasteiger partial charge in [-0.25, -0.2) is 4.39 Å². The summed E-state index contributed by atoms with van der Waals surface area (Å²) in [6, 6.07) is 13.8. The summed E-state index contributed by atoms with van der Waals surface area (Å²) in [4.78, 5) is 0. The van der Waals surface area contributed by atoms with Gasteiger partial charge in [-0.05, 0) is 42.0 Å². The summed E-state index contributed by atoms with van der Waals surface area (Å²) in [5, 5.41) is 4.06. The van der Waals surface area contributed by atoms with Crippen LogP contribution in [-0.2, 0) is 0 Å². The topological polar surface area (TPSA) is 24.4 Å². The monoisotopic (exact) mass is 292 g/mol. The molecule has 0 bridgehead atoms. The lowest BCUT2D eigenvalue weighted by molar-refractivity contribution is 0.628. The number of halogens is 2. The predicted molar refractivity (Wildman–Crippen MR) is 71.8 cm³/mol. The zero-order valence-electron chi connectivity index (χ0n) is 8.90. The van der Waals surface area contributed by atoms with Crippen molar-refractivity contribution in [3.63, 3.8) is 0 Å². The number of hydrogen-bond acceptors (Lipinski definition) is 2. The second kappa shape index (κ2) is 5.59. The minimum atomic E-state index is -0.257. The second-order valence-corrected chi connectivity index (χ2v) is 4.34. The fourth-order valence-corrected chi connectivity index (χ4v) is 1.52. The zero-order chi connectivity index (χ0) is 12.1. The van der Waals surface area contributed by atoms with E-state index in [1.807, 2.05) is 24.3 Å². The van der Waals surface area contributed by atoms with Gasteiger partial charge in [-0.3, -0.25) is 5.43 Å². The molecule has 0 saturated heterocycles. The minimum absolute atomic E-state index is 0.257. The van der Waals surface area contributed by atoms with Crippen LogP contribution in [0.25, 0.3) is 0 Å². The molecule has 0 aliphatic rings. The highest BCUT2D eigenvalue weighted by atomic mass is 79.9. The van der Waals surface area contributed by atoms with Crippen LogP contribution >= 0.6 is 15.9 Å². The number of rotatable bonds is 3. The van der Waals surface area contributed by atoms with E-state index in [9.17, 15) is 4.39 Å². The van der Waals surface area contributed by atoms with Crippen LogP contribution in [0.15, 0.2) is 58.1 Å². The molecule has 2 nitrogen and oxygen atoms in total. The van der Waals surface area contributed by atoms with Crippen molar-refractivity contribution in [3.8, 4) is 0 Å². The Kier molecular flexibility index (Phi) is 3.88. The van der Waals surface area contributed by atoms with Crippen LogP contribution < -0.4 is 5.43 Å². The molecule has 86 valence electrons. The maximum atomic E-state index is 12.6. The average molecular weight is 293 g/mol. The summed E-state index contributed by atoms with van der Waals surface area (Å²) in [6.45, 7) is 0. The molecule has 0 amide bonds. The van der Waals surface area contributed by atoms with Gasteiger partial charge in [-0.2, -0.15) is 5.10 Å². The van der Waals surface area contributed by atoms with Gasteiger partial charge in [0, 0.05) is 4.47 Å². The molecule has 1 N–H and O–H groups in total. The van der Waals surface area contributed by atoms with Crippen LogP contribution in [0.4, 0.5) is 10.1 Å². The third kappa shape index (κ3) is 3.67. The number of nitrogens with one attached hydrogen (secondary N) is 1. The van der Waals surface area contributed by atoms with Gasteiger partial charge in [0.1, 0.15) is 5.82 Å². The van der Waals surface area contributed by atoms with Gasteiger partial charge in [-0.15, -0.1) is 0 Å². The maximum absolute atomic E-state index is 12.6. The van der Waals surface area contributed by atoms with Crippen LogP contribution in [0.2, 0.25) is 0 Å². The molecule has 2 aromatic carbocycles. The first-order valence-electron chi connectivity index (χ1n) is 5.04. The standard InChI is InChI=1S/C13H10BrFN2/c14-11-3-1-10(2-4-11)9-16-17-13-7-5-12(15)6-8-13/h1-9,17H/b16-9+. The van der Waals surface area contributed by atoms with Crippen LogP contribution in [0.5, 0.6) is 0 Å². The Morgan fingerprint density at radius 2 is 1.65 bits per heavy atom. The summed E-state index contributed by atoms with van der Waals surface area (Å²) in [6.07, 6.45) is 1.70. The van der Waals surface area contributed by atoms with E-state index in [4.69, 9.17) is 0 Å². The highest BCUT2D eigenvalue weighted by molar-refractivity contribution is 9.10. The van der Waals surface area contributed by atoms with Crippen molar-refractivity contribution in [2.24, 2.45) is 5.10 Å². The van der Waals surface area contributed by atoms with Gasteiger partial charge in [0.05, 0.1) is 11.9 Å². The Morgan fingerprint density at radius 1 is 1.00 bits per heavy atom. The van der Waals surface area contributed by atoms with Crippen molar-refractivity contribution in [1.29, 1.82) is 0 Å². The molecule has 0 heterocycles. The van der Waals surface area contributed by atoms with Crippen molar-refractivity contribution in [2.75, 3.05) is 5.43 Å². The molecule has 17 heavy (non-hydrogen) atoms. The molecule has 4 heteroatoms. The highest BCUT2D eigenvalue weighted by Gasteiger charge is 1.91. The molecule has 2 aromatic rings. The van der Waals surface area contributed by atoms with Gasteiger partial charge < -0.3 is 0 Å². The van der Waals surface area contributed by atoms with Gasteiger partial charge in [0.25, 0.3) is 0 Å². The van der Waals surface area contributed by atoms with Crippen molar-refractivity contribution in [1.82, 2.24) is 0 Å². The third-order valence-corrected chi connectivity index (χ3v) is 2.65. The van der Waals surface area contributed by atoms with Gasteiger partial charge >= 0.3 is 0 Å². The third-order valence-electron chi connectivity index (χ3n) is 2.12. The van der Waals surface area contributed by atoms with Crippen LogP contribution in [-0.4, -0.2) is 6.21 Å². The smallest absolute Gasteiger partial charge is 0.123 e. The number of hydrazone groups is 1. The van der Waals surface area contributed by atoms with Gasteiger partial charge in [-0.1, -0.05) is 28.1 Å². The van der Waals surface area contributed by atoms with Crippen LogP contribution in [0.1, 0.15) is 5.56 Å². The summed E-state index contributed by atoms with van der Waals surface area (Å²) in [5.41, 5.74) is 4.56. The lowest BCUT2D eigenvalue weighted by Crippen LogP contribution is -1.90. The average Bonchev–Trinajstić information content (AvgIpc) is 2.34. The number of hydrogen-bond donors (Lipinski definition) is 1. The number of nitrogens with zero attached hydrogens (tertiary/aromatic N) is 1. The van der Waals surface area contributed by atoms with E-state index in [-0.39, 0.29) is 5.82 Å². The SMILES string of the molecule is Fc1ccc(N/N=C/c2ccc(Br)cc2)cc1. The number of anilines is 1. The molecule has 0 spiro atoms. The normalized spacial score (nSPS) is 10.7. The van der Waals surface area contributed by atoms with E-state index in [0.29, 0.717) is 0 Å². The maximum Gasteiger partial charge on any atom is 0.123 e. The van der Waals surface area contributed by atoms with Crippen molar-refractivity contribution >= 4 is 27.8 Å². The lowest BCUT2D eigenvalue weighted by atomic mass is 10.2. The lowest BCUT2D eigenvalue weighted by Gasteiger charge is -1.99. The van der Waals surface area contributed by atoms with E-state index in [2.05, 4.69) is 26.5 Å². The molecule has 0 fully saturated rings. The second-order valence-electron chi connectivity index (χ2n) is 3.43. The zero-order valence-corrected chi connectivity index (χ0v) is 10.5. The minimum Gasteiger partial charge on any atom is -0.279 e. The van der Waals surface area contributed by atoms with E-state index in [1.54, 1.807) is 18.3 Å². The molecule has 0 aliphatic heterocycles. The van der Waals surface area contributed by atoms with E-state index < -0.39 is 0 Å². The quantitative estimate of drug-likeness (QED) is 0.670. The Labute approximate surface area is 107 Å². The first kappa shape index (κ1) is 11.8. The fourth-order valence-electron chi connectivity index (χ4n) is 1.25. The van der Waals surface area contributed by atoms with Gasteiger partial charge in [0.2, 0.25) is 0 Å². The molecule has 0 aliphatic carbocycles. The summed E-state index contributed by atoms with van der Waals surface area (Å²) in [7, 11) is 0. The Hall–Kier alpha value is -1.68. The first-order chi connectivity index (χ1) is 8.24. The molecule has 0 radical (unpaired) electrons. The molecule has 0 saturated carbocycles. The van der Waals surface area contributed by atoms with E-state index in [1.165, 1.54) is 12.1 Å². The molecule has 0 atom stereocenters.